The molecule has 0 heterocycles. The van der Waals surface area contributed by atoms with Crippen LogP contribution < -0.4 is 0 Å². The molecule has 0 spiro atoms. The highest BCUT2D eigenvalue weighted by Crippen LogP contribution is 2.16. The summed E-state index contributed by atoms with van der Waals surface area (Å²) in [6, 6.07) is 0. The Kier molecular flexibility index (Phi) is 55.3. The van der Waals surface area contributed by atoms with Crippen molar-refractivity contribution in [3.05, 3.63) is 85.1 Å². The van der Waals surface area contributed by atoms with E-state index < -0.39 is 6.10 Å². The molecule has 0 amide bonds. The van der Waals surface area contributed by atoms with Crippen LogP contribution in [-0.4, -0.2) is 37.2 Å². The third kappa shape index (κ3) is 55.5. The lowest BCUT2D eigenvalue weighted by atomic mass is 10.0. The number of carbonyl (C=O) groups excluding carboxylic acids is 3. The maximum atomic E-state index is 12.8. The number of carbonyl (C=O) groups is 3. The number of ether oxygens (including phenoxy) is 3. The molecule has 0 aliphatic carbocycles. The maximum Gasteiger partial charge on any atom is 0.306 e. The Morgan fingerprint density at radius 2 is 0.586 bits per heavy atom. The van der Waals surface area contributed by atoms with Crippen molar-refractivity contribution in [2.75, 3.05) is 13.2 Å². The fourth-order valence-electron chi connectivity index (χ4n) is 8.21. The summed E-state index contributed by atoms with van der Waals surface area (Å²) in [5, 5.41) is 0. The standard InChI is InChI=1S/C64H110O6/c1-4-7-10-13-16-19-21-23-24-25-26-27-28-29-30-31-32-33-34-35-36-37-38-39-40-42-43-45-48-51-54-57-63(66)69-60-61(59-68-62(65)56-53-50-47-18-15-12-9-6-3)70-64(67)58-55-52-49-46-44-41-22-20-17-14-11-8-5-2/h7,10-11,14,16,19-20,22-24,26-27,29-30,61H,4-6,8-9,12-13,15,17-18,21,25,28,31-60H2,1-3H3/b10-7-,14-11-,19-16-,22-20-,24-23-,27-26-,30-29-. The first kappa shape index (κ1) is 66.6. The van der Waals surface area contributed by atoms with E-state index in [1.165, 1.54) is 122 Å². The molecule has 0 fully saturated rings. The van der Waals surface area contributed by atoms with E-state index in [2.05, 4.69) is 106 Å². The Hall–Kier alpha value is -3.41. The molecular formula is C64H110O6. The van der Waals surface area contributed by atoms with Crippen LogP contribution in [0.3, 0.4) is 0 Å². The summed E-state index contributed by atoms with van der Waals surface area (Å²) in [6.07, 6.45) is 76.1. The van der Waals surface area contributed by atoms with Crippen molar-refractivity contribution in [1.29, 1.82) is 0 Å². The molecule has 0 aliphatic rings. The molecule has 0 aromatic carbocycles. The molecule has 0 aromatic rings. The topological polar surface area (TPSA) is 78.9 Å². The van der Waals surface area contributed by atoms with E-state index in [1.54, 1.807) is 0 Å². The summed E-state index contributed by atoms with van der Waals surface area (Å²) >= 11 is 0. The highest BCUT2D eigenvalue weighted by atomic mass is 16.6. The van der Waals surface area contributed by atoms with Gasteiger partial charge in [-0.3, -0.25) is 14.4 Å². The third-order valence-electron chi connectivity index (χ3n) is 12.6. The zero-order valence-corrected chi connectivity index (χ0v) is 46.0. The molecule has 0 saturated carbocycles. The first-order valence-electron chi connectivity index (χ1n) is 29.6. The van der Waals surface area contributed by atoms with Gasteiger partial charge in [0.05, 0.1) is 0 Å². The van der Waals surface area contributed by atoms with Gasteiger partial charge in [0.2, 0.25) is 0 Å². The molecule has 0 rings (SSSR count). The lowest BCUT2D eigenvalue weighted by molar-refractivity contribution is -0.167. The summed E-state index contributed by atoms with van der Waals surface area (Å²) in [5.74, 6) is -0.892. The van der Waals surface area contributed by atoms with Crippen LogP contribution in [0.2, 0.25) is 0 Å². The van der Waals surface area contributed by atoms with Crippen molar-refractivity contribution in [3.8, 4) is 0 Å². The molecule has 0 aliphatic heterocycles. The smallest absolute Gasteiger partial charge is 0.306 e. The average molecular weight is 976 g/mol. The summed E-state index contributed by atoms with van der Waals surface area (Å²) in [6.45, 7) is 6.43. The Bertz CT molecular complexity index is 1350. The Balaban J connectivity index is 4.07. The van der Waals surface area contributed by atoms with Crippen LogP contribution in [0, 0.1) is 0 Å². The molecule has 0 N–H and O–H groups in total. The van der Waals surface area contributed by atoms with Gasteiger partial charge in [-0.05, 0) is 89.9 Å². The number of unbranched alkanes of at least 4 members (excludes halogenated alkanes) is 28. The fourth-order valence-corrected chi connectivity index (χ4v) is 8.21. The summed E-state index contributed by atoms with van der Waals surface area (Å²) in [7, 11) is 0. The van der Waals surface area contributed by atoms with E-state index in [-0.39, 0.29) is 31.1 Å². The minimum absolute atomic E-state index is 0.0791. The van der Waals surface area contributed by atoms with E-state index in [4.69, 9.17) is 14.2 Å². The number of rotatable bonds is 53. The molecule has 1 unspecified atom stereocenters. The van der Waals surface area contributed by atoms with Gasteiger partial charge in [-0.15, -0.1) is 0 Å². The van der Waals surface area contributed by atoms with Crippen LogP contribution in [0.15, 0.2) is 85.1 Å². The zero-order chi connectivity index (χ0) is 50.7. The van der Waals surface area contributed by atoms with Crippen LogP contribution in [0.5, 0.6) is 0 Å². The second-order valence-electron chi connectivity index (χ2n) is 19.5. The van der Waals surface area contributed by atoms with Crippen molar-refractivity contribution in [2.24, 2.45) is 0 Å². The predicted octanol–water partition coefficient (Wildman–Crippen LogP) is 19.9. The fraction of sp³-hybridized carbons (Fsp3) is 0.734. The zero-order valence-electron chi connectivity index (χ0n) is 46.0. The third-order valence-corrected chi connectivity index (χ3v) is 12.6. The molecule has 402 valence electrons. The van der Waals surface area contributed by atoms with E-state index in [9.17, 15) is 14.4 Å². The van der Waals surface area contributed by atoms with E-state index in [0.29, 0.717) is 19.3 Å². The minimum atomic E-state index is -0.779. The minimum Gasteiger partial charge on any atom is -0.462 e. The van der Waals surface area contributed by atoms with Gasteiger partial charge in [0.15, 0.2) is 6.10 Å². The predicted molar refractivity (Wildman–Crippen MR) is 302 cm³/mol. The lowest BCUT2D eigenvalue weighted by Crippen LogP contribution is -2.30. The largest absolute Gasteiger partial charge is 0.462 e. The van der Waals surface area contributed by atoms with E-state index in [0.717, 1.165) is 122 Å². The van der Waals surface area contributed by atoms with Crippen LogP contribution in [0.4, 0.5) is 0 Å². The summed E-state index contributed by atoms with van der Waals surface area (Å²) in [5.41, 5.74) is 0. The van der Waals surface area contributed by atoms with E-state index in [1.807, 2.05) is 0 Å². The second kappa shape index (κ2) is 58.2. The van der Waals surface area contributed by atoms with Crippen molar-refractivity contribution in [1.82, 2.24) is 0 Å². The summed E-state index contributed by atoms with van der Waals surface area (Å²) < 4.78 is 16.8. The number of esters is 3. The van der Waals surface area contributed by atoms with Crippen LogP contribution in [0.1, 0.15) is 284 Å². The molecule has 1 atom stereocenters. The molecule has 0 radical (unpaired) electrons. The average Bonchev–Trinajstić information content (AvgIpc) is 3.36. The van der Waals surface area contributed by atoms with Gasteiger partial charge >= 0.3 is 17.9 Å². The molecule has 6 nitrogen and oxygen atoms in total. The molecule has 70 heavy (non-hydrogen) atoms. The van der Waals surface area contributed by atoms with E-state index >= 15 is 0 Å². The van der Waals surface area contributed by atoms with Gasteiger partial charge in [-0.2, -0.15) is 0 Å². The second-order valence-corrected chi connectivity index (χ2v) is 19.5. The molecule has 0 saturated heterocycles. The SMILES string of the molecule is CC/C=C\C/C=C\C/C=C\C/C=C\C/C=C\CCCCCCCCCCCCCCCCCC(=O)OCC(COC(=O)CCCCCCCCCC)OC(=O)CCCCCCC/C=C\C/C=C\CCC. The number of hydrogen-bond donors (Lipinski definition) is 0. The Morgan fingerprint density at radius 1 is 0.300 bits per heavy atom. The van der Waals surface area contributed by atoms with Crippen LogP contribution >= 0.6 is 0 Å². The van der Waals surface area contributed by atoms with Crippen molar-refractivity contribution in [3.63, 3.8) is 0 Å². The first-order valence-corrected chi connectivity index (χ1v) is 29.6. The summed E-state index contributed by atoms with van der Waals surface area (Å²) in [4.78, 5) is 37.9. The Morgan fingerprint density at radius 3 is 0.929 bits per heavy atom. The van der Waals surface area contributed by atoms with Gasteiger partial charge in [-0.25, -0.2) is 0 Å². The quantitative estimate of drug-likeness (QED) is 0.0261. The Labute approximate surface area is 433 Å². The number of allylic oxidation sites excluding steroid dienone is 14. The molecule has 0 bridgehead atoms. The van der Waals surface area contributed by atoms with Crippen LogP contribution in [0.25, 0.3) is 0 Å². The van der Waals surface area contributed by atoms with Gasteiger partial charge in [0, 0.05) is 19.3 Å². The van der Waals surface area contributed by atoms with Gasteiger partial charge in [0.25, 0.3) is 0 Å². The molecule has 0 aromatic heterocycles. The first-order chi connectivity index (χ1) is 34.5. The normalized spacial score (nSPS) is 12.7. The van der Waals surface area contributed by atoms with Gasteiger partial charge in [-0.1, -0.05) is 260 Å². The molecule has 6 heteroatoms. The van der Waals surface area contributed by atoms with Gasteiger partial charge in [0.1, 0.15) is 13.2 Å². The maximum absolute atomic E-state index is 12.8. The highest BCUT2D eigenvalue weighted by molar-refractivity contribution is 5.71. The van der Waals surface area contributed by atoms with Crippen molar-refractivity contribution >= 4 is 17.9 Å². The van der Waals surface area contributed by atoms with Crippen LogP contribution in [-0.2, 0) is 28.6 Å². The molecular weight excluding hydrogens is 865 g/mol. The van der Waals surface area contributed by atoms with Crippen molar-refractivity contribution < 1.29 is 28.6 Å². The van der Waals surface area contributed by atoms with Gasteiger partial charge < -0.3 is 14.2 Å². The van der Waals surface area contributed by atoms with Crippen molar-refractivity contribution in [2.45, 2.75) is 290 Å². The lowest BCUT2D eigenvalue weighted by Gasteiger charge is -2.18. The monoisotopic (exact) mass is 975 g/mol. The number of hydrogen-bond acceptors (Lipinski definition) is 6. The highest BCUT2D eigenvalue weighted by Gasteiger charge is 2.19.